The highest BCUT2D eigenvalue weighted by atomic mass is 16.3. The normalized spacial score (nSPS) is 17.8. The molecule has 5 rings (SSSR count). The van der Waals surface area contributed by atoms with Crippen LogP contribution in [0.4, 0.5) is 5.69 Å². The van der Waals surface area contributed by atoms with Crippen molar-refractivity contribution >= 4 is 23.1 Å². The van der Waals surface area contributed by atoms with Gasteiger partial charge in [-0.15, -0.1) is 0 Å². The van der Waals surface area contributed by atoms with Crippen molar-refractivity contribution in [3.8, 4) is 11.1 Å². The summed E-state index contributed by atoms with van der Waals surface area (Å²) in [6.45, 7) is 3.30. The average molecular weight is 428 g/mol. The lowest BCUT2D eigenvalue weighted by Gasteiger charge is -2.26. The molecule has 0 atom stereocenters. The standard InChI is InChI=1S/C26H25N3O3/c30-25-22-9-6-19(20-10-13-32-17-20)14-23(22)24(26(31)28-25)15-27-21-7-4-18(5-8-21)16-29-11-2-1-3-12-29/h4-10,13-15,17,27H,1-3,11-12,16H2,(H,28,30,31)/b24-15-. The summed E-state index contributed by atoms with van der Waals surface area (Å²) in [6, 6.07) is 15.6. The van der Waals surface area contributed by atoms with Gasteiger partial charge >= 0.3 is 0 Å². The topological polar surface area (TPSA) is 74.6 Å². The number of carbonyl (C=O) groups excluding carboxylic acids is 2. The molecule has 2 aliphatic rings. The van der Waals surface area contributed by atoms with Crippen LogP contribution in [0, 0.1) is 0 Å². The second-order valence-corrected chi connectivity index (χ2v) is 8.29. The maximum Gasteiger partial charge on any atom is 0.260 e. The maximum absolute atomic E-state index is 12.6. The highest BCUT2D eigenvalue weighted by Crippen LogP contribution is 2.30. The summed E-state index contributed by atoms with van der Waals surface area (Å²) < 4.78 is 5.17. The van der Waals surface area contributed by atoms with Gasteiger partial charge in [0.2, 0.25) is 0 Å². The number of likely N-dealkylation sites (tertiary alicyclic amines) is 1. The minimum absolute atomic E-state index is 0.386. The van der Waals surface area contributed by atoms with Crippen molar-refractivity contribution in [2.24, 2.45) is 0 Å². The second-order valence-electron chi connectivity index (χ2n) is 8.29. The van der Waals surface area contributed by atoms with E-state index in [0.717, 1.165) is 23.4 Å². The molecule has 2 aliphatic heterocycles. The van der Waals surface area contributed by atoms with E-state index in [1.807, 2.05) is 30.3 Å². The molecule has 6 heteroatoms. The van der Waals surface area contributed by atoms with Crippen LogP contribution in [0.2, 0.25) is 0 Å². The van der Waals surface area contributed by atoms with Gasteiger partial charge in [-0.1, -0.05) is 24.6 Å². The minimum atomic E-state index is -0.416. The van der Waals surface area contributed by atoms with Gasteiger partial charge < -0.3 is 9.73 Å². The molecular formula is C26H25N3O3. The zero-order chi connectivity index (χ0) is 21.9. The highest BCUT2D eigenvalue weighted by Gasteiger charge is 2.27. The number of rotatable bonds is 5. The molecule has 32 heavy (non-hydrogen) atoms. The first-order valence-electron chi connectivity index (χ1n) is 11.0. The van der Waals surface area contributed by atoms with Gasteiger partial charge in [-0.2, -0.15) is 0 Å². The number of nitrogens with zero attached hydrogens (tertiary/aromatic N) is 1. The summed E-state index contributed by atoms with van der Waals surface area (Å²) in [7, 11) is 0. The lowest BCUT2D eigenvalue weighted by Crippen LogP contribution is -2.36. The first kappa shape index (κ1) is 20.3. The van der Waals surface area contributed by atoms with Crippen molar-refractivity contribution in [3.05, 3.63) is 83.9 Å². The van der Waals surface area contributed by atoms with Crippen LogP contribution in [0.3, 0.4) is 0 Å². The van der Waals surface area contributed by atoms with Crippen LogP contribution >= 0.6 is 0 Å². The van der Waals surface area contributed by atoms with Gasteiger partial charge in [0.15, 0.2) is 0 Å². The molecule has 0 aliphatic carbocycles. The molecule has 6 nitrogen and oxygen atoms in total. The van der Waals surface area contributed by atoms with E-state index >= 15 is 0 Å². The summed E-state index contributed by atoms with van der Waals surface area (Å²) >= 11 is 0. The minimum Gasteiger partial charge on any atom is -0.472 e. The molecule has 0 saturated carbocycles. The number of fused-ring (bicyclic) bond motifs is 1. The number of furan rings is 1. The molecule has 162 valence electrons. The Kier molecular flexibility index (Phi) is 5.60. The molecule has 2 aromatic carbocycles. The van der Waals surface area contributed by atoms with E-state index in [2.05, 4.69) is 27.7 Å². The van der Waals surface area contributed by atoms with Gasteiger partial charge in [-0.25, -0.2) is 0 Å². The Labute approximate surface area is 186 Å². The van der Waals surface area contributed by atoms with E-state index in [-0.39, 0.29) is 5.91 Å². The third kappa shape index (κ3) is 4.22. The fourth-order valence-electron chi connectivity index (χ4n) is 4.31. The quantitative estimate of drug-likeness (QED) is 0.458. The van der Waals surface area contributed by atoms with Crippen LogP contribution in [-0.4, -0.2) is 29.8 Å². The summed E-state index contributed by atoms with van der Waals surface area (Å²) in [6.07, 6.45) is 8.79. The fourth-order valence-corrected chi connectivity index (χ4v) is 4.31. The van der Waals surface area contributed by atoms with Gasteiger partial charge in [0.05, 0.1) is 18.1 Å². The predicted molar refractivity (Wildman–Crippen MR) is 124 cm³/mol. The number of piperidine rings is 1. The fraction of sp³-hybridized carbons (Fsp3) is 0.231. The molecule has 3 heterocycles. The highest BCUT2D eigenvalue weighted by molar-refractivity contribution is 6.31. The molecule has 1 fully saturated rings. The van der Waals surface area contributed by atoms with Crippen molar-refractivity contribution in [1.82, 2.24) is 10.2 Å². The summed E-state index contributed by atoms with van der Waals surface area (Å²) in [5, 5.41) is 5.64. The van der Waals surface area contributed by atoms with Gasteiger partial charge in [0, 0.05) is 35.1 Å². The number of carbonyl (C=O) groups is 2. The summed E-state index contributed by atoms with van der Waals surface area (Å²) in [5.74, 6) is -0.802. The first-order valence-corrected chi connectivity index (χ1v) is 11.0. The number of benzene rings is 2. The number of imide groups is 1. The van der Waals surface area contributed by atoms with Crippen LogP contribution in [0.5, 0.6) is 0 Å². The first-order chi connectivity index (χ1) is 15.7. The predicted octanol–water partition coefficient (Wildman–Crippen LogP) is 4.66. The largest absolute Gasteiger partial charge is 0.472 e. The molecule has 0 unspecified atom stereocenters. The van der Waals surface area contributed by atoms with E-state index in [9.17, 15) is 9.59 Å². The zero-order valence-electron chi connectivity index (χ0n) is 17.8. The summed E-state index contributed by atoms with van der Waals surface area (Å²) in [5.41, 5.74) is 5.44. The SMILES string of the molecule is O=C1NC(=O)c2ccc(-c3ccoc3)cc2/C1=C/Nc1ccc(CN2CCCCC2)cc1. The third-order valence-corrected chi connectivity index (χ3v) is 6.07. The van der Waals surface area contributed by atoms with E-state index in [4.69, 9.17) is 4.42 Å². The van der Waals surface area contributed by atoms with E-state index < -0.39 is 5.91 Å². The Morgan fingerprint density at radius 3 is 2.47 bits per heavy atom. The van der Waals surface area contributed by atoms with E-state index in [1.165, 1.54) is 37.9 Å². The lowest BCUT2D eigenvalue weighted by atomic mass is 9.92. The number of amides is 2. The molecule has 1 aromatic heterocycles. The monoisotopic (exact) mass is 427 g/mol. The number of hydrogen-bond donors (Lipinski definition) is 2. The van der Waals surface area contributed by atoms with E-state index in [0.29, 0.717) is 16.7 Å². The molecule has 0 radical (unpaired) electrons. The molecule has 1 saturated heterocycles. The van der Waals surface area contributed by atoms with E-state index in [1.54, 1.807) is 24.8 Å². The Hall–Kier alpha value is -3.64. The average Bonchev–Trinajstić information content (AvgIpc) is 3.35. The second kappa shape index (κ2) is 8.85. The van der Waals surface area contributed by atoms with Crippen molar-refractivity contribution in [2.45, 2.75) is 25.8 Å². The zero-order valence-corrected chi connectivity index (χ0v) is 17.8. The molecular weight excluding hydrogens is 402 g/mol. The van der Waals surface area contributed by atoms with Crippen molar-refractivity contribution < 1.29 is 14.0 Å². The van der Waals surface area contributed by atoms with Crippen LogP contribution in [-0.2, 0) is 11.3 Å². The number of hydrogen-bond acceptors (Lipinski definition) is 5. The van der Waals surface area contributed by atoms with Crippen molar-refractivity contribution in [2.75, 3.05) is 18.4 Å². The molecule has 0 spiro atoms. The van der Waals surface area contributed by atoms with Gasteiger partial charge in [0.1, 0.15) is 0 Å². The third-order valence-electron chi connectivity index (χ3n) is 6.07. The smallest absolute Gasteiger partial charge is 0.260 e. The Morgan fingerprint density at radius 2 is 1.72 bits per heavy atom. The van der Waals surface area contributed by atoms with Crippen LogP contribution in [0.15, 0.2) is 71.7 Å². The molecule has 0 bridgehead atoms. The molecule has 3 aromatic rings. The van der Waals surface area contributed by atoms with Gasteiger partial charge in [-0.05, 0) is 67.4 Å². The lowest BCUT2D eigenvalue weighted by molar-refractivity contribution is -0.114. The molecule has 2 N–H and O–H groups in total. The number of nitrogens with one attached hydrogen (secondary N) is 2. The molecule has 2 amide bonds. The van der Waals surface area contributed by atoms with Crippen molar-refractivity contribution in [3.63, 3.8) is 0 Å². The maximum atomic E-state index is 12.6. The number of anilines is 1. The Bertz CT molecular complexity index is 1160. The van der Waals surface area contributed by atoms with Crippen LogP contribution < -0.4 is 10.6 Å². The van der Waals surface area contributed by atoms with Gasteiger partial charge in [-0.3, -0.25) is 19.8 Å². The Balaban J connectivity index is 1.36. The summed E-state index contributed by atoms with van der Waals surface area (Å²) in [4.78, 5) is 27.4. The Morgan fingerprint density at radius 1 is 0.906 bits per heavy atom. The van der Waals surface area contributed by atoms with Crippen molar-refractivity contribution in [1.29, 1.82) is 0 Å². The van der Waals surface area contributed by atoms with Gasteiger partial charge in [0.25, 0.3) is 11.8 Å². The van der Waals surface area contributed by atoms with Crippen LogP contribution in [0.1, 0.15) is 40.7 Å². The van der Waals surface area contributed by atoms with Crippen LogP contribution in [0.25, 0.3) is 16.7 Å².